The maximum atomic E-state index is 11.9. The third-order valence-electron chi connectivity index (χ3n) is 3.44. The largest absolute Gasteiger partial charge is 0.619 e. The molecule has 0 aromatic carbocycles. The van der Waals surface area contributed by atoms with Crippen LogP contribution in [-0.2, 0) is 30.8 Å². The summed E-state index contributed by atoms with van der Waals surface area (Å²) < 4.78 is 61.1. The van der Waals surface area contributed by atoms with E-state index < -0.39 is 31.9 Å². The summed E-state index contributed by atoms with van der Waals surface area (Å²) in [5.41, 5.74) is 0.514. The highest BCUT2D eigenvalue weighted by Gasteiger charge is 2.37. The lowest BCUT2D eigenvalue weighted by molar-refractivity contribution is -0.614. The molecule has 1 atom stereocenters. The summed E-state index contributed by atoms with van der Waals surface area (Å²) >= 11 is 1.43. The van der Waals surface area contributed by atoms with E-state index in [1.165, 1.54) is 17.5 Å². The summed E-state index contributed by atoms with van der Waals surface area (Å²) in [6.45, 7) is 5.44. The third kappa shape index (κ3) is 10.6. The van der Waals surface area contributed by atoms with Gasteiger partial charge < -0.3 is 9.94 Å². The van der Waals surface area contributed by atoms with E-state index in [0.29, 0.717) is 21.7 Å². The molecule has 1 N–H and O–H groups in total. The van der Waals surface area contributed by atoms with Crippen molar-refractivity contribution in [2.75, 3.05) is 12.5 Å². The average molecular weight is 468 g/mol. The lowest BCUT2D eigenvalue weighted by Crippen LogP contribution is -2.47. The van der Waals surface area contributed by atoms with Crippen LogP contribution in [0.3, 0.4) is 0 Å². The lowest BCUT2D eigenvalue weighted by atomic mass is 9.97. The Kier molecular flexibility index (Phi) is 8.59. The summed E-state index contributed by atoms with van der Waals surface area (Å²) in [6.07, 6.45) is 2.32. The van der Waals surface area contributed by atoms with Crippen LogP contribution in [-0.4, -0.2) is 45.6 Å². The van der Waals surface area contributed by atoms with Crippen LogP contribution < -0.4 is 9.47 Å². The minimum atomic E-state index is -3.71. The molecular weight excluding hydrogens is 442 g/mol. The van der Waals surface area contributed by atoms with Gasteiger partial charge in [-0.05, 0) is 37.8 Å². The van der Waals surface area contributed by atoms with E-state index in [1.54, 1.807) is 32.0 Å². The summed E-state index contributed by atoms with van der Waals surface area (Å²) in [5, 5.41) is 14.5. The highest BCUT2D eigenvalue weighted by atomic mass is 32.2. The van der Waals surface area contributed by atoms with E-state index >= 15 is 0 Å². The second kappa shape index (κ2) is 9.85. The average Bonchev–Trinajstić information content (AvgIpc) is 2.90. The molecule has 0 bridgehead atoms. The van der Waals surface area contributed by atoms with Crippen molar-refractivity contribution in [3.05, 3.63) is 52.3 Å². The number of nitrogens with zero attached hydrogens (tertiary/aromatic N) is 1. The molecule has 0 aliphatic rings. The van der Waals surface area contributed by atoms with Crippen LogP contribution in [0.15, 0.2) is 35.8 Å². The van der Waals surface area contributed by atoms with Crippen LogP contribution in [0, 0.1) is 12.1 Å². The Morgan fingerprint density at radius 2 is 1.83 bits per heavy atom. The fourth-order valence-electron chi connectivity index (χ4n) is 2.20. The van der Waals surface area contributed by atoms with E-state index in [2.05, 4.69) is 0 Å². The minimum absolute atomic E-state index is 0.106. The van der Waals surface area contributed by atoms with Crippen molar-refractivity contribution in [1.82, 2.24) is 0 Å². The maximum absolute atomic E-state index is 11.9. The first-order valence-corrected chi connectivity index (χ1v) is 12.8. The molecule has 0 radical (unpaired) electrons. The third-order valence-corrected chi connectivity index (χ3v) is 4.94. The van der Waals surface area contributed by atoms with Gasteiger partial charge in [0.25, 0.3) is 20.2 Å². The van der Waals surface area contributed by atoms with E-state index in [4.69, 9.17) is 13.5 Å². The molecule has 1 unspecified atom stereocenters. The van der Waals surface area contributed by atoms with E-state index in [1.807, 2.05) is 18.4 Å². The Bertz CT molecular complexity index is 1000. The Morgan fingerprint density at radius 1 is 1.24 bits per heavy atom. The Hall–Kier alpha value is -1.73. The molecule has 0 aliphatic carbocycles. The second-order valence-corrected chi connectivity index (χ2v) is 10.8. The number of pyridine rings is 1. The zero-order valence-corrected chi connectivity index (χ0v) is 19.2. The molecule has 0 spiro atoms. The molecule has 9 nitrogen and oxygen atoms in total. The van der Waals surface area contributed by atoms with Gasteiger partial charge >= 0.3 is 0 Å². The fourth-order valence-corrected chi connectivity index (χ4v) is 3.81. The zero-order chi connectivity index (χ0) is 22.5. The van der Waals surface area contributed by atoms with Gasteiger partial charge in [0.1, 0.15) is 11.7 Å². The van der Waals surface area contributed by atoms with Crippen molar-refractivity contribution in [2.45, 2.75) is 38.9 Å². The highest BCUT2D eigenvalue weighted by Crippen LogP contribution is 2.30. The molecule has 0 saturated heterocycles. The number of ether oxygens (including phenoxy) is 1. The van der Waals surface area contributed by atoms with Crippen molar-refractivity contribution in [3.8, 4) is 5.06 Å². The standard InChI is InChI=1S/C16H21NO5S2.CH4O3S/c1-12-9-15(23-11-12)21-16(2,3)14(22-24(4,19)20)10-13-7-5-6-8-17(13)18;1-5(2,3)4/h5-9,11,14H,10H2,1-4H3;1H3,(H,2,3,4). The Labute approximate surface area is 175 Å². The Balaban J connectivity index is 0.000000749. The molecular formula is C17H25NO8S3. The van der Waals surface area contributed by atoms with Gasteiger partial charge in [-0.3, -0.25) is 8.74 Å². The summed E-state index contributed by atoms with van der Waals surface area (Å²) in [4.78, 5) is 0. The van der Waals surface area contributed by atoms with Gasteiger partial charge in [0.2, 0.25) is 0 Å². The smallest absolute Gasteiger partial charge is 0.264 e. The monoisotopic (exact) mass is 467 g/mol. The van der Waals surface area contributed by atoms with Gasteiger partial charge in [-0.25, -0.2) is 0 Å². The first-order valence-electron chi connectivity index (χ1n) is 8.29. The van der Waals surface area contributed by atoms with Crippen LogP contribution in [0.5, 0.6) is 5.06 Å². The predicted molar refractivity (Wildman–Crippen MR) is 110 cm³/mol. The number of hydrogen-bond acceptors (Lipinski definition) is 8. The topological polar surface area (TPSA) is 134 Å². The van der Waals surface area contributed by atoms with Gasteiger partial charge in [0.15, 0.2) is 17.0 Å². The van der Waals surface area contributed by atoms with E-state index in [-0.39, 0.29) is 6.42 Å². The van der Waals surface area contributed by atoms with Gasteiger partial charge in [0, 0.05) is 12.1 Å². The van der Waals surface area contributed by atoms with Gasteiger partial charge in [-0.1, -0.05) is 6.07 Å². The first-order chi connectivity index (χ1) is 13.1. The quantitative estimate of drug-likeness (QED) is 0.283. The molecule has 0 fully saturated rings. The molecule has 0 amide bonds. The zero-order valence-electron chi connectivity index (χ0n) is 16.7. The summed E-state index contributed by atoms with van der Waals surface area (Å²) in [7, 11) is -7.38. The minimum Gasteiger partial charge on any atom is -0.619 e. The predicted octanol–water partition coefficient (Wildman–Crippen LogP) is 1.94. The number of rotatable bonds is 7. The van der Waals surface area contributed by atoms with Crippen LogP contribution in [0.2, 0.25) is 0 Å². The summed E-state index contributed by atoms with van der Waals surface area (Å²) in [5.74, 6) is 0. The lowest BCUT2D eigenvalue weighted by Gasteiger charge is -2.32. The van der Waals surface area contributed by atoms with Crippen molar-refractivity contribution in [1.29, 1.82) is 0 Å². The molecule has 2 aromatic rings. The number of thiophene rings is 1. The normalized spacial score (nSPS) is 13.3. The summed E-state index contributed by atoms with van der Waals surface area (Å²) in [6, 6.07) is 6.84. The molecule has 2 rings (SSSR count). The molecule has 164 valence electrons. The maximum Gasteiger partial charge on any atom is 0.264 e. The molecule has 2 heterocycles. The second-order valence-electron chi connectivity index (χ2n) is 6.89. The molecule has 0 saturated carbocycles. The highest BCUT2D eigenvalue weighted by molar-refractivity contribution is 7.86. The van der Waals surface area contributed by atoms with E-state index in [0.717, 1.165) is 11.8 Å². The molecule has 12 heteroatoms. The van der Waals surface area contributed by atoms with Crippen LogP contribution in [0.4, 0.5) is 0 Å². The van der Waals surface area contributed by atoms with Crippen LogP contribution in [0.25, 0.3) is 0 Å². The van der Waals surface area contributed by atoms with Crippen molar-refractivity contribution < 1.29 is 35.0 Å². The van der Waals surface area contributed by atoms with Crippen molar-refractivity contribution >= 4 is 31.6 Å². The number of aryl methyl sites for hydroxylation is 1. The Morgan fingerprint density at radius 3 is 2.28 bits per heavy atom. The van der Waals surface area contributed by atoms with Crippen molar-refractivity contribution in [2.24, 2.45) is 0 Å². The first kappa shape index (κ1) is 25.3. The number of hydrogen-bond donors (Lipinski definition) is 1. The van der Waals surface area contributed by atoms with Gasteiger partial charge in [-0.15, -0.1) is 11.3 Å². The molecule has 29 heavy (non-hydrogen) atoms. The SMILES string of the molecule is CS(=O)(=O)O.Cc1csc(OC(C)(C)C(Cc2cccc[n+]2[O-])OS(C)(=O)=O)c1. The van der Waals surface area contributed by atoms with Crippen LogP contribution >= 0.6 is 11.3 Å². The van der Waals surface area contributed by atoms with Gasteiger partial charge in [-0.2, -0.15) is 21.6 Å². The van der Waals surface area contributed by atoms with Crippen molar-refractivity contribution in [3.63, 3.8) is 0 Å². The van der Waals surface area contributed by atoms with E-state index in [9.17, 15) is 22.0 Å². The fraction of sp³-hybridized carbons (Fsp3) is 0.471. The van der Waals surface area contributed by atoms with Crippen LogP contribution in [0.1, 0.15) is 25.1 Å². The molecule has 0 aliphatic heterocycles. The molecule has 2 aromatic heterocycles. The number of aromatic nitrogens is 1. The van der Waals surface area contributed by atoms with Gasteiger partial charge in [0.05, 0.1) is 18.9 Å².